The molecule has 0 radical (unpaired) electrons. The third-order valence-electron chi connectivity index (χ3n) is 4.59. The Kier molecular flexibility index (Phi) is 6.14. The van der Waals surface area contributed by atoms with Crippen molar-refractivity contribution in [3.05, 3.63) is 41.6 Å². The molecule has 0 spiro atoms. The van der Waals surface area contributed by atoms with E-state index in [-0.39, 0.29) is 5.91 Å². The number of rotatable bonds is 7. The topological polar surface area (TPSA) is 51.0 Å². The summed E-state index contributed by atoms with van der Waals surface area (Å²) >= 11 is 1.47. The first-order chi connectivity index (χ1) is 12.6. The number of carbonyl (C=O) groups is 1. The minimum absolute atomic E-state index is 0.117. The van der Waals surface area contributed by atoms with Crippen LogP contribution in [0.1, 0.15) is 38.2 Å². The third kappa shape index (κ3) is 4.18. The molecule has 1 heterocycles. The second-order valence-electron chi connectivity index (χ2n) is 6.66. The molecule has 1 aliphatic rings. The van der Waals surface area contributed by atoms with E-state index in [9.17, 15) is 4.79 Å². The van der Waals surface area contributed by atoms with Gasteiger partial charge in [0.25, 0.3) is 0 Å². The number of nitrogens with zero attached hydrogens (tertiary/aromatic N) is 4. The van der Waals surface area contributed by atoms with Crippen molar-refractivity contribution in [2.75, 3.05) is 12.8 Å². The maximum Gasteiger partial charge on any atom is 0.236 e. The van der Waals surface area contributed by atoms with Crippen LogP contribution >= 0.6 is 11.8 Å². The molecule has 0 N–H and O–H groups in total. The number of hydrogen-bond donors (Lipinski definition) is 0. The fourth-order valence-electron chi connectivity index (χ4n) is 3.16. The van der Waals surface area contributed by atoms with Crippen LogP contribution in [-0.4, -0.2) is 38.4 Å². The molecule has 1 aromatic heterocycles. The minimum atomic E-state index is 0.117. The summed E-state index contributed by atoms with van der Waals surface area (Å²) in [6.07, 6.45) is 6.37. The van der Waals surface area contributed by atoms with E-state index in [0.29, 0.717) is 5.75 Å². The molecular weight excluding hydrogens is 344 g/mol. The summed E-state index contributed by atoms with van der Waals surface area (Å²) in [5.74, 6) is 1.37. The molecule has 1 aliphatic carbocycles. The summed E-state index contributed by atoms with van der Waals surface area (Å²) in [6.45, 7) is 5.06. The van der Waals surface area contributed by atoms with E-state index in [4.69, 9.17) is 0 Å². The highest BCUT2D eigenvalue weighted by Crippen LogP contribution is 2.26. The lowest BCUT2D eigenvalue weighted by molar-refractivity contribution is -0.125. The summed E-state index contributed by atoms with van der Waals surface area (Å²) in [7, 11) is 1.87. The Morgan fingerprint density at radius 2 is 2.19 bits per heavy atom. The van der Waals surface area contributed by atoms with E-state index >= 15 is 0 Å². The number of benzene rings is 1. The number of carbonyl (C=O) groups excluding carboxylic acids is 1. The van der Waals surface area contributed by atoms with Gasteiger partial charge in [0.1, 0.15) is 0 Å². The number of hydrogen-bond acceptors (Lipinski definition) is 4. The van der Waals surface area contributed by atoms with Gasteiger partial charge in [-0.25, -0.2) is 0 Å². The summed E-state index contributed by atoms with van der Waals surface area (Å²) in [5.41, 5.74) is 3.41. The van der Waals surface area contributed by atoms with Gasteiger partial charge in [0.15, 0.2) is 11.0 Å². The summed E-state index contributed by atoms with van der Waals surface area (Å²) in [5, 5.41) is 9.57. The second-order valence-corrected chi connectivity index (χ2v) is 7.60. The lowest BCUT2D eigenvalue weighted by atomic mass is 10.1. The molecule has 1 amide bonds. The Balaban J connectivity index is 1.74. The van der Waals surface area contributed by atoms with Crippen molar-refractivity contribution < 1.29 is 4.79 Å². The highest BCUT2D eigenvalue weighted by Gasteiger charge is 2.19. The normalized spacial score (nSPS) is 13.7. The van der Waals surface area contributed by atoms with Crippen LogP contribution in [0.5, 0.6) is 0 Å². The Hall–Kier alpha value is -2.08. The van der Waals surface area contributed by atoms with Gasteiger partial charge in [-0.3, -0.25) is 4.79 Å². The Labute approximate surface area is 159 Å². The molecule has 138 valence electrons. The fraction of sp³-hybridized carbons (Fsp3) is 0.450. The van der Waals surface area contributed by atoms with E-state index < -0.39 is 0 Å². The molecule has 26 heavy (non-hydrogen) atoms. The van der Waals surface area contributed by atoms with Gasteiger partial charge in [0.2, 0.25) is 5.91 Å². The lowest BCUT2D eigenvalue weighted by Gasteiger charge is -2.18. The van der Waals surface area contributed by atoms with Gasteiger partial charge in [-0.15, -0.1) is 10.2 Å². The number of aryl methyl sites for hydroxylation is 1. The smallest absolute Gasteiger partial charge is 0.236 e. The Bertz CT molecular complexity index is 812. The summed E-state index contributed by atoms with van der Waals surface area (Å²) < 4.78 is 2.13. The molecule has 0 aliphatic heterocycles. The van der Waals surface area contributed by atoms with E-state index in [1.165, 1.54) is 17.3 Å². The zero-order valence-corrected chi connectivity index (χ0v) is 16.6. The van der Waals surface area contributed by atoms with Gasteiger partial charge in [0, 0.05) is 24.9 Å². The molecule has 3 rings (SSSR count). The van der Waals surface area contributed by atoms with Gasteiger partial charge in [-0.2, -0.15) is 0 Å². The van der Waals surface area contributed by atoms with Crippen LogP contribution in [0, 0.1) is 6.92 Å². The SMILES string of the molecule is CCCn1c(SCC(=O)N(C)C2=CCCC2)nnc1-c1cccc(C)c1. The molecule has 0 saturated carbocycles. The molecule has 0 saturated heterocycles. The predicted octanol–water partition coefficient (Wildman–Crippen LogP) is 4.28. The van der Waals surface area contributed by atoms with Crippen LogP contribution in [0.3, 0.4) is 0 Å². The molecule has 0 fully saturated rings. The summed E-state index contributed by atoms with van der Waals surface area (Å²) in [4.78, 5) is 14.3. The van der Waals surface area contributed by atoms with Crippen LogP contribution in [0.25, 0.3) is 11.4 Å². The maximum absolute atomic E-state index is 12.5. The fourth-order valence-corrected chi connectivity index (χ4v) is 4.04. The van der Waals surface area contributed by atoms with Gasteiger partial charge in [0.05, 0.1) is 5.75 Å². The maximum atomic E-state index is 12.5. The van der Waals surface area contributed by atoms with Crippen molar-refractivity contribution in [3.8, 4) is 11.4 Å². The van der Waals surface area contributed by atoms with Crippen LogP contribution in [0.15, 0.2) is 41.2 Å². The molecular formula is C20H26N4OS. The van der Waals surface area contributed by atoms with Crippen molar-refractivity contribution in [1.82, 2.24) is 19.7 Å². The van der Waals surface area contributed by atoms with Crippen molar-refractivity contribution in [2.24, 2.45) is 0 Å². The van der Waals surface area contributed by atoms with Crippen molar-refractivity contribution in [2.45, 2.75) is 51.2 Å². The molecule has 1 aromatic carbocycles. The molecule has 2 aromatic rings. The Morgan fingerprint density at radius 1 is 1.35 bits per heavy atom. The van der Waals surface area contributed by atoms with Gasteiger partial charge in [-0.1, -0.05) is 48.5 Å². The number of allylic oxidation sites excluding steroid dienone is 2. The Morgan fingerprint density at radius 3 is 2.88 bits per heavy atom. The highest BCUT2D eigenvalue weighted by atomic mass is 32.2. The zero-order valence-electron chi connectivity index (χ0n) is 15.7. The average molecular weight is 371 g/mol. The third-order valence-corrected chi connectivity index (χ3v) is 5.54. The molecule has 0 atom stereocenters. The molecule has 0 bridgehead atoms. The zero-order chi connectivity index (χ0) is 18.5. The van der Waals surface area contributed by atoms with Crippen molar-refractivity contribution in [1.29, 1.82) is 0 Å². The van der Waals surface area contributed by atoms with Gasteiger partial charge < -0.3 is 9.47 Å². The van der Waals surface area contributed by atoms with Gasteiger partial charge in [-0.05, 0) is 38.7 Å². The molecule has 5 nitrogen and oxygen atoms in total. The van der Waals surface area contributed by atoms with E-state index in [1.54, 1.807) is 4.90 Å². The highest BCUT2D eigenvalue weighted by molar-refractivity contribution is 7.99. The number of amides is 1. The first-order valence-corrected chi connectivity index (χ1v) is 10.2. The second kappa shape index (κ2) is 8.54. The van der Waals surface area contributed by atoms with Crippen LogP contribution in [-0.2, 0) is 11.3 Å². The predicted molar refractivity (Wildman–Crippen MR) is 106 cm³/mol. The van der Waals surface area contributed by atoms with Gasteiger partial charge >= 0.3 is 0 Å². The monoisotopic (exact) mass is 370 g/mol. The first kappa shape index (κ1) is 18.7. The van der Waals surface area contributed by atoms with Crippen molar-refractivity contribution in [3.63, 3.8) is 0 Å². The largest absolute Gasteiger partial charge is 0.319 e. The number of aromatic nitrogens is 3. The van der Waals surface area contributed by atoms with E-state index in [1.807, 2.05) is 13.1 Å². The van der Waals surface area contributed by atoms with Crippen LogP contribution in [0.2, 0.25) is 0 Å². The first-order valence-electron chi connectivity index (χ1n) is 9.18. The minimum Gasteiger partial charge on any atom is -0.319 e. The standard InChI is InChI=1S/C20H26N4OS/c1-4-12-24-19(16-9-7-8-15(2)13-16)21-22-20(24)26-14-18(25)23(3)17-10-5-6-11-17/h7-10,13H,4-6,11-12,14H2,1-3H3. The van der Waals surface area contributed by atoms with E-state index in [0.717, 1.165) is 54.5 Å². The quantitative estimate of drug-likeness (QED) is 0.683. The molecule has 6 heteroatoms. The van der Waals surface area contributed by atoms with Crippen LogP contribution < -0.4 is 0 Å². The van der Waals surface area contributed by atoms with Crippen LogP contribution in [0.4, 0.5) is 0 Å². The van der Waals surface area contributed by atoms with Crippen molar-refractivity contribution >= 4 is 17.7 Å². The number of thioether (sulfide) groups is 1. The molecule has 0 unspecified atom stereocenters. The summed E-state index contributed by atoms with van der Waals surface area (Å²) in [6, 6.07) is 8.29. The lowest BCUT2D eigenvalue weighted by Crippen LogP contribution is -2.27. The average Bonchev–Trinajstić information content (AvgIpc) is 3.29. The van der Waals surface area contributed by atoms with E-state index in [2.05, 4.69) is 52.9 Å².